The molecule has 0 spiro atoms. The normalized spacial score (nSPS) is 26.3. The monoisotopic (exact) mass is 606 g/mol. The first-order chi connectivity index (χ1) is 21.4. The number of hydrogen-bond donors (Lipinski definition) is 0. The van der Waals surface area contributed by atoms with Crippen LogP contribution in [0.15, 0.2) is 66.3 Å². The third-order valence-corrected chi connectivity index (χ3v) is 10.8. The second-order valence-corrected chi connectivity index (χ2v) is 13.6. The van der Waals surface area contributed by atoms with Crippen molar-refractivity contribution in [3.05, 3.63) is 89.0 Å². The highest BCUT2D eigenvalue weighted by atomic mass is 19.2. The molecule has 4 heteroatoms. The minimum absolute atomic E-state index is 0.0552. The van der Waals surface area contributed by atoms with E-state index in [2.05, 4.69) is 26.0 Å². The van der Waals surface area contributed by atoms with Gasteiger partial charge in [-0.3, -0.25) is 0 Å². The lowest BCUT2D eigenvalue weighted by Gasteiger charge is -2.37. The summed E-state index contributed by atoms with van der Waals surface area (Å²) < 4.78 is 60.9. The van der Waals surface area contributed by atoms with Gasteiger partial charge >= 0.3 is 0 Å². The van der Waals surface area contributed by atoms with Gasteiger partial charge in [0.25, 0.3) is 0 Å². The molecule has 1 atom stereocenters. The highest BCUT2D eigenvalue weighted by Gasteiger charge is 2.32. The molecule has 1 unspecified atom stereocenters. The van der Waals surface area contributed by atoms with E-state index in [0.717, 1.165) is 63.2 Å². The van der Waals surface area contributed by atoms with Gasteiger partial charge in [-0.1, -0.05) is 93.7 Å². The first-order valence-corrected chi connectivity index (χ1v) is 17.4. The van der Waals surface area contributed by atoms with E-state index >= 15 is 13.2 Å². The van der Waals surface area contributed by atoms with Crippen LogP contribution in [0.25, 0.3) is 16.7 Å². The molecular formula is C40H50F4. The molecule has 5 rings (SSSR count). The van der Waals surface area contributed by atoms with Crippen LogP contribution in [-0.2, 0) is 0 Å². The Balaban J connectivity index is 1.19. The molecule has 0 aromatic heterocycles. The lowest BCUT2D eigenvalue weighted by Crippen LogP contribution is -2.25. The predicted octanol–water partition coefficient (Wildman–Crippen LogP) is 13.2. The maximum absolute atomic E-state index is 15.5. The Morgan fingerprint density at radius 1 is 0.705 bits per heavy atom. The van der Waals surface area contributed by atoms with Gasteiger partial charge < -0.3 is 0 Å². The second-order valence-electron chi connectivity index (χ2n) is 13.6. The van der Waals surface area contributed by atoms with Gasteiger partial charge in [0.1, 0.15) is 5.83 Å². The Labute approximate surface area is 262 Å². The highest BCUT2D eigenvalue weighted by molar-refractivity contribution is 5.80. The lowest BCUT2D eigenvalue weighted by atomic mass is 9.68. The summed E-state index contributed by atoms with van der Waals surface area (Å²) in [6, 6.07) is 10.2. The largest absolute Gasteiger partial charge is 0.208 e. The number of allylic oxidation sites excluding steroid dienone is 6. The Hall–Kier alpha value is -2.62. The van der Waals surface area contributed by atoms with Crippen molar-refractivity contribution in [1.29, 1.82) is 0 Å². The molecule has 0 amide bonds. The van der Waals surface area contributed by atoms with Crippen LogP contribution in [0.3, 0.4) is 0 Å². The molecule has 238 valence electrons. The van der Waals surface area contributed by atoms with Crippen LogP contribution in [-0.4, -0.2) is 0 Å². The van der Waals surface area contributed by atoms with Crippen LogP contribution in [0, 0.1) is 35.3 Å². The van der Waals surface area contributed by atoms with Gasteiger partial charge in [-0.2, -0.15) is 0 Å². The Morgan fingerprint density at radius 3 is 2.00 bits per heavy atom. The van der Waals surface area contributed by atoms with E-state index in [1.165, 1.54) is 32.1 Å². The maximum Gasteiger partial charge on any atom is 0.166 e. The molecule has 0 radical (unpaired) electrons. The molecule has 0 saturated heterocycles. The summed E-state index contributed by atoms with van der Waals surface area (Å²) in [4.78, 5) is 0. The van der Waals surface area contributed by atoms with Gasteiger partial charge in [0.15, 0.2) is 17.5 Å². The van der Waals surface area contributed by atoms with Crippen LogP contribution < -0.4 is 0 Å². The molecule has 3 aliphatic rings. The Bertz CT molecular complexity index is 1320. The van der Waals surface area contributed by atoms with Crippen molar-refractivity contribution in [3.8, 4) is 11.1 Å². The van der Waals surface area contributed by atoms with E-state index in [9.17, 15) is 4.39 Å². The zero-order valence-corrected chi connectivity index (χ0v) is 26.7. The minimum Gasteiger partial charge on any atom is -0.208 e. The highest BCUT2D eigenvalue weighted by Crippen LogP contribution is 2.45. The Morgan fingerprint density at radius 2 is 1.34 bits per heavy atom. The fourth-order valence-electron chi connectivity index (χ4n) is 8.16. The molecular weight excluding hydrogens is 556 g/mol. The smallest absolute Gasteiger partial charge is 0.166 e. The van der Waals surface area contributed by atoms with E-state index in [4.69, 9.17) is 0 Å². The summed E-state index contributed by atoms with van der Waals surface area (Å²) in [5.41, 5.74) is 2.02. The first kappa shape index (κ1) is 32.8. The fourth-order valence-corrected chi connectivity index (χ4v) is 8.16. The summed E-state index contributed by atoms with van der Waals surface area (Å²) >= 11 is 0. The molecule has 0 bridgehead atoms. The molecule has 0 N–H and O–H groups in total. The zero-order chi connectivity index (χ0) is 31.1. The van der Waals surface area contributed by atoms with E-state index < -0.39 is 29.2 Å². The molecule has 2 saturated carbocycles. The van der Waals surface area contributed by atoms with Crippen molar-refractivity contribution < 1.29 is 17.6 Å². The number of unbranched alkanes of at least 4 members (excludes halogenated alkanes) is 4. The minimum atomic E-state index is -0.824. The summed E-state index contributed by atoms with van der Waals surface area (Å²) in [6.45, 7) is 4.26. The quantitative estimate of drug-likeness (QED) is 0.136. The molecule has 44 heavy (non-hydrogen) atoms. The molecule has 2 aromatic carbocycles. The van der Waals surface area contributed by atoms with Crippen LogP contribution in [0.2, 0.25) is 0 Å². The average Bonchev–Trinajstić information content (AvgIpc) is 3.05. The van der Waals surface area contributed by atoms with Crippen LogP contribution >= 0.6 is 0 Å². The number of benzene rings is 2. The van der Waals surface area contributed by atoms with Crippen molar-refractivity contribution in [2.24, 2.45) is 23.7 Å². The van der Waals surface area contributed by atoms with Crippen molar-refractivity contribution in [1.82, 2.24) is 0 Å². The van der Waals surface area contributed by atoms with Gasteiger partial charge in [-0.15, -0.1) is 0 Å². The van der Waals surface area contributed by atoms with Crippen LogP contribution in [0.5, 0.6) is 0 Å². The predicted molar refractivity (Wildman–Crippen MR) is 175 cm³/mol. The van der Waals surface area contributed by atoms with Crippen molar-refractivity contribution in [2.45, 2.75) is 116 Å². The van der Waals surface area contributed by atoms with Crippen molar-refractivity contribution >= 4 is 5.57 Å². The maximum atomic E-state index is 15.5. The summed E-state index contributed by atoms with van der Waals surface area (Å²) in [5, 5.41) is 0. The van der Waals surface area contributed by atoms with Gasteiger partial charge in [-0.25, -0.2) is 17.6 Å². The summed E-state index contributed by atoms with van der Waals surface area (Å²) in [7, 11) is 0. The van der Waals surface area contributed by atoms with E-state index in [0.29, 0.717) is 35.4 Å². The molecule has 2 fully saturated rings. The lowest BCUT2D eigenvalue weighted by molar-refractivity contribution is 0.170. The van der Waals surface area contributed by atoms with Gasteiger partial charge in [0, 0.05) is 17.1 Å². The van der Waals surface area contributed by atoms with Crippen molar-refractivity contribution in [3.63, 3.8) is 0 Å². The van der Waals surface area contributed by atoms with Gasteiger partial charge in [-0.05, 0) is 111 Å². The van der Waals surface area contributed by atoms with Crippen LogP contribution in [0.4, 0.5) is 17.6 Å². The third-order valence-electron chi connectivity index (χ3n) is 10.8. The number of halogens is 4. The number of rotatable bonds is 11. The summed E-state index contributed by atoms with van der Waals surface area (Å²) in [6.07, 6.45) is 22.0. The standard InChI is InChI=1S/C40H50F4/c1-3-5-6-7-8-10-33-23-24-34(38(42)37(33)41)31-19-21-32(22-20-31)36-26-25-35(39(43)40(36)44)30-17-15-29(16-18-30)28-13-11-27(9-4-2)12-14-28/h4,9,19-22,24-30,33H,3,5-8,10-18,23H2,1-2H3/b9-4+. The molecule has 0 nitrogen and oxygen atoms in total. The molecule has 2 aromatic rings. The van der Waals surface area contributed by atoms with Gasteiger partial charge in [0.05, 0.1) is 0 Å². The first-order valence-electron chi connectivity index (χ1n) is 17.4. The second kappa shape index (κ2) is 15.6. The van der Waals surface area contributed by atoms with E-state index in [1.807, 2.05) is 0 Å². The third kappa shape index (κ3) is 7.60. The fraction of sp³-hybridized carbons (Fsp3) is 0.550. The van der Waals surface area contributed by atoms with E-state index in [1.54, 1.807) is 42.5 Å². The molecule has 0 heterocycles. The average molecular weight is 607 g/mol. The molecule has 3 aliphatic carbocycles. The van der Waals surface area contributed by atoms with Crippen LogP contribution in [0.1, 0.15) is 127 Å². The zero-order valence-electron chi connectivity index (χ0n) is 26.7. The summed E-state index contributed by atoms with van der Waals surface area (Å²) in [5.74, 6) is -1.14. The van der Waals surface area contributed by atoms with Gasteiger partial charge in [0.2, 0.25) is 0 Å². The SMILES string of the molecule is C/C=C/C1CCC(C2CCC(c3ccc(-c4ccc(C5=CCC(CCCCCCC)C(F)=C5F)cc4)c(F)c3F)CC2)CC1. The molecule has 0 aliphatic heterocycles. The van der Waals surface area contributed by atoms with Crippen molar-refractivity contribution in [2.75, 3.05) is 0 Å². The number of hydrogen-bond acceptors (Lipinski definition) is 0. The topological polar surface area (TPSA) is 0 Å². The van der Waals surface area contributed by atoms with E-state index in [-0.39, 0.29) is 17.1 Å². The Kier molecular flexibility index (Phi) is 11.6.